The summed E-state index contributed by atoms with van der Waals surface area (Å²) < 4.78 is 34.8. The summed E-state index contributed by atoms with van der Waals surface area (Å²) in [6.07, 6.45) is 2.78. The number of imide groups is 1. The van der Waals surface area contributed by atoms with E-state index in [9.17, 15) is 15.0 Å². The third kappa shape index (κ3) is 9.45. The van der Waals surface area contributed by atoms with Gasteiger partial charge in [0.2, 0.25) is 18.6 Å². The number of cyclic esters (lactones) is 1. The van der Waals surface area contributed by atoms with Gasteiger partial charge in [-0.3, -0.25) is 24.2 Å². The van der Waals surface area contributed by atoms with Crippen LogP contribution in [0.15, 0.2) is 121 Å². The number of hydrogen-bond acceptors (Lipinski definition) is 14. The van der Waals surface area contributed by atoms with Gasteiger partial charge in [-0.05, 0) is 96.0 Å². The number of carbonyl (C=O) groups is 4. The van der Waals surface area contributed by atoms with E-state index in [4.69, 9.17) is 28.4 Å². The number of ether oxygens (including phenoxy) is 6. The van der Waals surface area contributed by atoms with Gasteiger partial charge in [0.25, 0.3) is 0 Å². The molecule has 6 aliphatic rings. The number of piperazine rings is 1. The quantitative estimate of drug-likeness (QED) is 0.0565. The number of carbonyl (C=O) groups excluding carboxylic acids is 4. The molecule has 3 amide bonds. The average molecular weight is 1030 g/mol. The number of esters is 1. The SMILES string of the molecule is COCCOC(=O)N1C(=O)[C@@]2(c3cc(C#CC4(O)CCCCCC4)ccc31)[C@H](C(=O)N1CCN(Cc3ccc4c(c3)OCO4)CC1)[C@H]1C(=O)O[C@H](c3ccccc3)[C@H](c3ccccc3)N1[C@@H]2c1ccc(OCCO)cc1. The fourth-order valence-corrected chi connectivity index (χ4v) is 12.4. The number of rotatable bonds is 12. The lowest BCUT2D eigenvalue weighted by atomic mass is 9.64. The number of hydrogen-bond donors (Lipinski definition) is 2. The van der Waals surface area contributed by atoms with E-state index in [1.165, 1.54) is 7.11 Å². The maximum atomic E-state index is 16.7. The number of morpholine rings is 1. The monoisotopic (exact) mass is 1030 g/mol. The highest BCUT2D eigenvalue weighted by Crippen LogP contribution is 2.66. The number of aliphatic hydroxyl groups is 2. The van der Waals surface area contributed by atoms with Gasteiger partial charge in [-0.15, -0.1) is 0 Å². The van der Waals surface area contributed by atoms with Crippen molar-refractivity contribution in [2.75, 3.05) is 71.4 Å². The first-order chi connectivity index (χ1) is 37.1. The van der Waals surface area contributed by atoms with Gasteiger partial charge < -0.3 is 43.5 Å². The molecule has 5 aromatic rings. The van der Waals surface area contributed by atoms with E-state index in [0.29, 0.717) is 72.0 Å². The minimum absolute atomic E-state index is 0.0348. The van der Waals surface area contributed by atoms with Gasteiger partial charge in [0.15, 0.2) is 11.5 Å². The van der Waals surface area contributed by atoms with Crippen LogP contribution in [0.5, 0.6) is 17.2 Å². The Kier molecular flexibility index (Phi) is 14.6. The lowest BCUT2D eigenvalue weighted by Gasteiger charge is -2.46. The fourth-order valence-electron chi connectivity index (χ4n) is 12.4. The molecule has 0 unspecified atom stereocenters. The summed E-state index contributed by atoms with van der Waals surface area (Å²) in [6.45, 7) is 1.94. The van der Waals surface area contributed by atoms with E-state index in [0.717, 1.165) is 41.7 Å². The highest BCUT2D eigenvalue weighted by Gasteiger charge is 2.76. The molecular weight excluding hydrogens is 969 g/mol. The molecule has 5 heterocycles. The summed E-state index contributed by atoms with van der Waals surface area (Å²) in [5, 5.41) is 21.5. The second-order valence-electron chi connectivity index (χ2n) is 20.4. The molecule has 0 radical (unpaired) electrons. The summed E-state index contributed by atoms with van der Waals surface area (Å²) in [6, 6.07) is 33.8. The molecule has 394 valence electrons. The second-order valence-corrected chi connectivity index (χ2v) is 20.4. The molecule has 11 rings (SSSR count). The minimum Gasteiger partial charge on any atom is -0.491 e. The minimum atomic E-state index is -2.04. The predicted molar refractivity (Wildman–Crippen MR) is 278 cm³/mol. The van der Waals surface area contributed by atoms with Crippen molar-refractivity contribution in [2.24, 2.45) is 5.92 Å². The van der Waals surface area contributed by atoms with E-state index in [-0.39, 0.29) is 52.0 Å². The highest BCUT2D eigenvalue weighted by molar-refractivity contribution is 6.23. The lowest BCUT2D eigenvalue weighted by molar-refractivity contribution is -0.179. The van der Waals surface area contributed by atoms with Gasteiger partial charge in [-0.1, -0.05) is 104 Å². The Bertz CT molecular complexity index is 3000. The standard InChI is InChI=1S/C60H62N4O12/c1-71-34-35-73-58(69)63-47-22-16-40(24-27-59(70)25-10-2-3-11-26-59)36-46(47)60(57(63)68)50(55(66)62-30-28-61(29-31-62)38-41-17-23-48-49(37-41)75-39-74-48)52-56(67)76-53(43-14-8-5-9-15-43)51(42-12-6-4-7-13-42)64(52)54(60)44-18-20-45(21-19-44)72-33-32-65/h4-9,12-23,36-37,50-54,65,70H,2-3,10-11,25-26,28-35,38-39H2,1H3/t50-,51-,52-,53+,54+,60-/m0/s1. The Hall–Kier alpha value is -7.26. The van der Waals surface area contributed by atoms with Gasteiger partial charge in [0.1, 0.15) is 42.1 Å². The molecule has 76 heavy (non-hydrogen) atoms. The van der Waals surface area contributed by atoms with Crippen LogP contribution in [0.1, 0.15) is 90.1 Å². The molecule has 2 N–H and O–H groups in total. The van der Waals surface area contributed by atoms with Crippen molar-refractivity contribution >= 4 is 29.6 Å². The van der Waals surface area contributed by atoms with Crippen molar-refractivity contribution in [3.8, 4) is 29.1 Å². The molecule has 16 nitrogen and oxygen atoms in total. The van der Waals surface area contributed by atoms with Gasteiger partial charge >= 0.3 is 12.1 Å². The fraction of sp³-hybridized carbons (Fsp3) is 0.400. The van der Waals surface area contributed by atoms with Crippen LogP contribution in [0.4, 0.5) is 10.5 Å². The summed E-state index contributed by atoms with van der Waals surface area (Å²) in [5.41, 5.74) is 0.680. The molecule has 16 heteroatoms. The van der Waals surface area contributed by atoms with E-state index in [2.05, 4.69) is 16.7 Å². The Morgan fingerprint density at radius 2 is 1.46 bits per heavy atom. The zero-order valence-corrected chi connectivity index (χ0v) is 42.5. The molecule has 0 bridgehead atoms. The second kappa shape index (κ2) is 21.8. The zero-order chi connectivity index (χ0) is 52.4. The maximum Gasteiger partial charge on any atom is 0.421 e. The molecule has 0 aromatic heterocycles. The third-order valence-electron chi connectivity index (χ3n) is 15.9. The molecule has 4 fully saturated rings. The van der Waals surface area contributed by atoms with Gasteiger partial charge in [-0.25, -0.2) is 9.69 Å². The number of aliphatic hydroxyl groups excluding tert-OH is 1. The third-order valence-corrected chi connectivity index (χ3v) is 15.9. The maximum absolute atomic E-state index is 16.7. The number of methoxy groups -OCH3 is 1. The predicted octanol–water partition coefficient (Wildman–Crippen LogP) is 7.02. The van der Waals surface area contributed by atoms with E-state index in [1.54, 1.807) is 35.2 Å². The van der Waals surface area contributed by atoms with Crippen LogP contribution in [0, 0.1) is 17.8 Å². The van der Waals surface area contributed by atoms with Crippen molar-refractivity contribution in [1.82, 2.24) is 14.7 Å². The Morgan fingerprint density at radius 3 is 2.17 bits per heavy atom. The zero-order valence-electron chi connectivity index (χ0n) is 42.5. The lowest BCUT2D eigenvalue weighted by Crippen LogP contribution is -2.59. The van der Waals surface area contributed by atoms with E-state index < -0.39 is 65.0 Å². The van der Waals surface area contributed by atoms with Crippen molar-refractivity contribution < 1.29 is 57.8 Å². The Labute approximate surface area is 442 Å². The topological polar surface area (TPSA) is 177 Å². The van der Waals surface area contributed by atoms with Crippen molar-refractivity contribution in [3.63, 3.8) is 0 Å². The Balaban J connectivity index is 1.11. The average Bonchev–Trinajstić information content (AvgIpc) is 4.25. The van der Waals surface area contributed by atoms with Gasteiger partial charge in [-0.2, -0.15) is 0 Å². The van der Waals surface area contributed by atoms with Gasteiger partial charge in [0, 0.05) is 45.4 Å². The van der Waals surface area contributed by atoms with Crippen molar-refractivity contribution in [2.45, 2.75) is 80.3 Å². The van der Waals surface area contributed by atoms with Crippen LogP contribution in [-0.2, 0) is 40.6 Å². The van der Waals surface area contributed by atoms with Crippen LogP contribution in [0.3, 0.4) is 0 Å². The Morgan fingerprint density at radius 1 is 0.750 bits per heavy atom. The largest absolute Gasteiger partial charge is 0.491 e. The first-order valence-electron chi connectivity index (χ1n) is 26.3. The number of nitrogens with zero attached hydrogens (tertiary/aromatic N) is 4. The smallest absolute Gasteiger partial charge is 0.421 e. The number of fused-ring (bicyclic) bond motifs is 4. The summed E-state index contributed by atoms with van der Waals surface area (Å²) in [4.78, 5) is 70.6. The molecule has 1 saturated carbocycles. The molecule has 3 saturated heterocycles. The first kappa shape index (κ1) is 50.9. The first-order valence-corrected chi connectivity index (χ1v) is 26.3. The normalized spacial score (nSPS) is 24.8. The summed E-state index contributed by atoms with van der Waals surface area (Å²) in [7, 11) is 1.48. The summed E-state index contributed by atoms with van der Waals surface area (Å²) >= 11 is 0. The molecule has 6 atom stereocenters. The van der Waals surface area contributed by atoms with E-state index >= 15 is 14.4 Å². The van der Waals surface area contributed by atoms with Crippen LogP contribution in [-0.4, -0.2) is 127 Å². The molecule has 5 aromatic carbocycles. The van der Waals surface area contributed by atoms with Crippen LogP contribution < -0.4 is 19.1 Å². The van der Waals surface area contributed by atoms with Gasteiger partial charge in [0.05, 0.1) is 36.9 Å². The van der Waals surface area contributed by atoms with Crippen LogP contribution >= 0.6 is 0 Å². The number of amides is 3. The highest BCUT2D eigenvalue weighted by atomic mass is 16.7. The van der Waals surface area contributed by atoms with Crippen molar-refractivity contribution in [1.29, 1.82) is 0 Å². The van der Waals surface area contributed by atoms with E-state index in [1.807, 2.05) is 95.9 Å². The van der Waals surface area contributed by atoms with Crippen molar-refractivity contribution in [3.05, 3.63) is 155 Å². The van der Waals surface area contributed by atoms with Crippen LogP contribution in [0.25, 0.3) is 0 Å². The number of anilines is 1. The molecule has 1 spiro atoms. The molecular formula is C60H62N4O12. The molecule has 1 aliphatic carbocycles. The summed E-state index contributed by atoms with van der Waals surface area (Å²) in [5.74, 6) is 4.87. The number of benzene rings is 5. The molecule has 5 aliphatic heterocycles. The van der Waals surface area contributed by atoms with Crippen LogP contribution in [0.2, 0.25) is 0 Å².